The van der Waals surface area contributed by atoms with Crippen molar-refractivity contribution in [1.29, 1.82) is 0 Å². The van der Waals surface area contributed by atoms with Crippen LogP contribution >= 0.6 is 11.5 Å². The number of carbonyl (C=O) groups excluding carboxylic acids is 1. The molecule has 0 atom stereocenters. The number of nitrogens with zero attached hydrogens (tertiary/aromatic N) is 3. The fraction of sp³-hybridized carbons (Fsp3) is 0.438. The van der Waals surface area contributed by atoms with E-state index in [0.717, 1.165) is 37.2 Å². The molecule has 2 heterocycles. The van der Waals surface area contributed by atoms with Gasteiger partial charge in [-0.3, -0.25) is 4.79 Å². The van der Waals surface area contributed by atoms with E-state index in [1.807, 2.05) is 0 Å². The minimum absolute atomic E-state index is 0.253. The third-order valence-corrected chi connectivity index (χ3v) is 6.91. The molecule has 1 fully saturated rings. The minimum Gasteiger partial charge on any atom is -0.321 e. The number of hydrogen-bond acceptors (Lipinski definition) is 6. The Labute approximate surface area is 151 Å². The fourth-order valence-electron chi connectivity index (χ4n) is 2.77. The number of sulfonamides is 1. The molecule has 1 aliphatic rings. The first-order valence-corrected chi connectivity index (χ1v) is 10.4. The summed E-state index contributed by atoms with van der Waals surface area (Å²) in [5.41, 5.74) is 1.11. The van der Waals surface area contributed by atoms with Crippen LogP contribution < -0.4 is 5.32 Å². The van der Waals surface area contributed by atoms with Crippen LogP contribution in [0.15, 0.2) is 29.2 Å². The van der Waals surface area contributed by atoms with Crippen molar-refractivity contribution in [2.75, 3.05) is 18.4 Å². The maximum Gasteiger partial charge on any atom is 0.269 e. The van der Waals surface area contributed by atoms with E-state index in [9.17, 15) is 13.2 Å². The Hall–Kier alpha value is -1.84. The number of aromatic nitrogens is 2. The van der Waals surface area contributed by atoms with E-state index < -0.39 is 10.0 Å². The number of aryl methyl sites for hydroxylation is 1. The SMILES string of the molecule is Cc1nnsc1C(=O)Nc1ccc(S(=O)(=O)N2CCCCCC2)cc1. The van der Waals surface area contributed by atoms with Crippen molar-refractivity contribution in [2.24, 2.45) is 0 Å². The van der Waals surface area contributed by atoms with Crippen LogP contribution in [0.4, 0.5) is 5.69 Å². The van der Waals surface area contributed by atoms with Gasteiger partial charge < -0.3 is 5.32 Å². The van der Waals surface area contributed by atoms with Crippen LogP contribution in [-0.2, 0) is 10.0 Å². The fourth-order valence-corrected chi connectivity index (χ4v) is 4.84. The molecule has 0 saturated carbocycles. The Bertz CT molecular complexity index is 839. The van der Waals surface area contributed by atoms with E-state index >= 15 is 0 Å². The lowest BCUT2D eigenvalue weighted by Gasteiger charge is -2.20. The normalized spacial score (nSPS) is 16.4. The monoisotopic (exact) mass is 380 g/mol. The second kappa shape index (κ2) is 7.59. The molecule has 1 saturated heterocycles. The molecule has 9 heteroatoms. The van der Waals surface area contributed by atoms with E-state index in [0.29, 0.717) is 29.3 Å². The third kappa shape index (κ3) is 4.05. The molecule has 7 nitrogen and oxygen atoms in total. The zero-order valence-electron chi connectivity index (χ0n) is 13.9. The quantitative estimate of drug-likeness (QED) is 0.880. The number of carbonyl (C=O) groups is 1. The third-order valence-electron chi connectivity index (χ3n) is 4.17. The molecule has 0 aliphatic carbocycles. The first kappa shape index (κ1) is 18.0. The second-order valence-electron chi connectivity index (χ2n) is 5.98. The largest absolute Gasteiger partial charge is 0.321 e. The predicted molar refractivity (Wildman–Crippen MR) is 96.3 cm³/mol. The van der Waals surface area contributed by atoms with Crippen LogP contribution in [0, 0.1) is 6.92 Å². The van der Waals surface area contributed by atoms with Gasteiger partial charge in [0.2, 0.25) is 10.0 Å². The van der Waals surface area contributed by atoms with Gasteiger partial charge in [-0.15, -0.1) is 5.10 Å². The number of anilines is 1. The average molecular weight is 380 g/mol. The van der Waals surface area contributed by atoms with Crippen molar-refractivity contribution in [3.63, 3.8) is 0 Å². The molecule has 0 spiro atoms. The van der Waals surface area contributed by atoms with E-state index in [-0.39, 0.29) is 10.8 Å². The number of rotatable bonds is 4. The molecule has 2 aromatic rings. The molecule has 0 unspecified atom stereocenters. The van der Waals surface area contributed by atoms with Gasteiger partial charge in [0, 0.05) is 18.8 Å². The summed E-state index contributed by atoms with van der Waals surface area (Å²) in [5, 5.41) is 6.54. The molecule has 134 valence electrons. The Kier molecular flexibility index (Phi) is 5.45. The van der Waals surface area contributed by atoms with Crippen molar-refractivity contribution < 1.29 is 13.2 Å². The van der Waals surface area contributed by atoms with E-state index in [1.54, 1.807) is 23.4 Å². The van der Waals surface area contributed by atoms with Crippen LogP contribution in [0.5, 0.6) is 0 Å². The van der Waals surface area contributed by atoms with Crippen LogP contribution in [0.2, 0.25) is 0 Å². The van der Waals surface area contributed by atoms with Crippen LogP contribution in [0.25, 0.3) is 0 Å². The van der Waals surface area contributed by atoms with Crippen LogP contribution in [0.1, 0.15) is 41.0 Å². The highest BCUT2D eigenvalue weighted by atomic mass is 32.2. The summed E-state index contributed by atoms with van der Waals surface area (Å²) in [6.45, 7) is 2.85. The highest BCUT2D eigenvalue weighted by Gasteiger charge is 2.25. The molecule has 25 heavy (non-hydrogen) atoms. The maximum absolute atomic E-state index is 12.7. The lowest BCUT2D eigenvalue weighted by molar-refractivity contribution is 0.103. The van der Waals surface area contributed by atoms with Crippen LogP contribution in [0.3, 0.4) is 0 Å². The van der Waals surface area contributed by atoms with Gasteiger partial charge in [-0.2, -0.15) is 4.31 Å². The summed E-state index contributed by atoms with van der Waals surface area (Å²) in [6, 6.07) is 6.28. The van der Waals surface area contributed by atoms with Crippen molar-refractivity contribution in [3.05, 3.63) is 34.8 Å². The highest BCUT2D eigenvalue weighted by Crippen LogP contribution is 2.22. The molecule has 1 aliphatic heterocycles. The average Bonchev–Trinajstić information content (AvgIpc) is 2.85. The Morgan fingerprint density at radius 2 is 1.76 bits per heavy atom. The summed E-state index contributed by atoms with van der Waals surface area (Å²) in [5.74, 6) is -0.296. The number of hydrogen-bond donors (Lipinski definition) is 1. The highest BCUT2D eigenvalue weighted by molar-refractivity contribution is 7.89. The molecule has 0 radical (unpaired) electrons. The molecule has 1 amide bonds. The summed E-state index contributed by atoms with van der Waals surface area (Å²) in [4.78, 5) is 12.9. The van der Waals surface area contributed by atoms with Crippen molar-refractivity contribution in [2.45, 2.75) is 37.5 Å². The smallest absolute Gasteiger partial charge is 0.269 e. The molecular weight excluding hydrogens is 360 g/mol. The van der Waals surface area contributed by atoms with Gasteiger partial charge in [-0.05, 0) is 55.6 Å². The van der Waals surface area contributed by atoms with Crippen molar-refractivity contribution in [3.8, 4) is 0 Å². The summed E-state index contributed by atoms with van der Waals surface area (Å²) in [7, 11) is -3.48. The molecule has 3 rings (SSSR count). The van der Waals surface area contributed by atoms with Crippen molar-refractivity contribution >= 4 is 33.2 Å². The Morgan fingerprint density at radius 3 is 2.32 bits per heavy atom. The molecular formula is C16H20N4O3S2. The first-order chi connectivity index (χ1) is 12.0. The molecule has 1 aromatic heterocycles. The van der Waals surface area contributed by atoms with Gasteiger partial charge in [-0.1, -0.05) is 17.3 Å². The van der Waals surface area contributed by atoms with Gasteiger partial charge in [-0.25, -0.2) is 8.42 Å². The van der Waals surface area contributed by atoms with E-state index in [2.05, 4.69) is 14.9 Å². The van der Waals surface area contributed by atoms with Gasteiger partial charge >= 0.3 is 0 Å². The number of nitrogens with one attached hydrogen (secondary N) is 1. The van der Waals surface area contributed by atoms with Crippen LogP contribution in [-0.4, -0.2) is 41.3 Å². The zero-order valence-corrected chi connectivity index (χ0v) is 15.6. The lowest BCUT2D eigenvalue weighted by atomic mass is 10.2. The number of amides is 1. The number of benzene rings is 1. The predicted octanol–water partition coefficient (Wildman–Crippen LogP) is 2.66. The van der Waals surface area contributed by atoms with Gasteiger partial charge in [0.1, 0.15) is 4.88 Å². The molecule has 1 N–H and O–H groups in total. The summed E-state index contributed by atoms with van der Waals surface area (Å²) >= 11 is 1.03. The lowest BCUT2D eigenvalue weighted by Crippen LogP contribution is -2.31. The second-order valence-corrected chi connectivity index (χ2v) is 8.68. The van der Waals surface area contributed by atoms with E-state index in [1.165, 1.54) is 12.1 Å². The van der Waals surface area contributed by atoms with Gasteiger partial charge in [0.15, 0.2) is 0 Å². The van der Waals surface area contributed by atoms with E-state index in [4.69, 9.17) is 0 Å². The zero-order chi connectivity index (χ0) is 17.9. The summed E-state index contributed by atoms with van der Waals surface area (Å²) in [6.07, 6.45) is 3.94. The molecule has 1 aromatic carbocycles. The standard InChI is InChI=1S/C16H20N4O3S2/c1-12-15(24-19-18-12)16(21)17-13-6-8-14(9-7-13)25(22,23)20-10-4-2-3-5-11-20/h6-9H,2-5,10-11H2,1H3,(H,17,21). The first-order valence-electron chi connectivity index (χ1n) is 8.19. The molecule has 0 bridgehead atoms. The topological polar surface area (TPSA) is 92.3 Å². The Morgan fingerprint density at radius 1 is 1.12 bits per heavy atom. The minimum atomic E-state index is -3.48. The van der Waals surface area contributed by atoms with Crippen molar-refractivity contribution in [1.82, 2.24) is 13.9 Å². The summed E-state index contributed by atoms with van der Waals surface area (Å²) < 4.78 is 30.7. The van der Waals surface area contributed by atoms with Gasteiger partial charge in [0.25, 0.3) is 5.91 Å². The Balaban J connectivity index is 1.73. The van der Waals surface area contributed by atoms with Gasteiger partial charge in [0.05, 0.1) is 10.6 Å². The maximum atomic E-state index is 12.7.